The van der Waals surface area contributed by atoms with Crippen LogP contribution in [0.5, 0.6) is 0 Å². The number of ether oxygens (including phenoxy) is 1. The van der Waals surface area contributed by atoms with Gasteiger partial charge in [-0.05, 0) is 62.1 Å². The molecule has 2 fully saturated rings. The summed E-state index contributed by atoms with van der Waals surface area (Å²) in [6.07, 6.45) is 3.41. The van der Waals surface area contributed by atoms with Gasteiger partial charge >= 0.3 is 0 Å². The van der Waals surface area contributed by atoms with E-state index in [0.29, 0.717) is 31.9 Å². The van der Waals surface area contributed by atoms with Gasteiger partial charge in [0, 0.05) is 60.6 Å². The third-order valence-corrected chi connectivity index (χ3v) is 8.82. The van der Waals surface area contributed by atoms with E-state index in [1.807, 2.05) is 41.4 Å². The number of nitrogens with zero attached hydrogens (tertiary/aromatic N) is 3. The topological polar surface area (TPSA) is 101 Å². The number of benzene rings is 1. The Hall–Kier alpha value is -3.27. The Balaban J connectivity index is 1.41. The lowest BCUT2D eigenvalue weighted by Crippen LogP contribution is -2.48. The van der Waals surface area contributed by atoms with Crippen LogP contribution in [0.1, 0.15) is 45.9 Å². The van der Waals surface area contributed by atoms with Crippen LogP contribution in [-0.4, -0.2) is 72.7 Å². The van der Waals surface area contributed by atoms with Gasteiger partial charge in [-0.15, -0.1) is 11.3 Å². The zero-order valence-corrected chi connectivity index (χ0v) is 22.6. The lowest BCUT2D eigenvalue weighted by Gasteiger charge is -2.31. The number of hydrogen-bond acceptors (Lipinski definition) is 7. The molecule has 6 rings (SSSR count). The average molecular weight is 532 g/mol. The molecular formula is C29H33N5O3S. The Morgan fingerprint density at radius 3 is 2.74 bits per heavy atom. The molecule has 3 aliphatic heterocycles. The molecule has 0 aliphatic carbocycles. The number of nitrogens with one attached hydrogen (secondary N) is 1. The number of amides is 2. The summed E-state index contributed by atoms with van der Waals surface area (Å²) in [5.74, 6) is -0.00478. The van der Waals surface area contributed by atoms with Crippen molar-refractivity contribution in [3.8, 4) is 22.4 Å². The second-order valence-corrected chi connectivity index (χ2v) is 12.0. The van der Waals surface area contributed by atoms with Crippen LogP contribution in [0.4, 0.5) is 5.00 Å². The molecule has 3 N–H and O–H groups in total. The highest BCUT2D eigenvalue weighted by molar-refractivity contribution is 7.19. The van der Waals surface area contributed by atoms with Crippen LogP contribution in [0.3, 0.4) is 0 Å². The standard InChI is InChI=1S/C29H33N5O3S/c1-29(2)16-22-24(28(33-10-12-37-13-11-33)38-25(22)26(35)32-29)19-6-8-31-23(15-19)18-4-3-5-20(14-18)27(36)34-9-7-21(30)17-34/h3-6,8,14-15,21H,7,9-13,16-17,30H2,1-2H3,(H,32,35)/t21-/m1/s1. The number of nitrogens with two attached hydrogens (primary N) is 1. The van der Waals surface area contributed by atoms with Crippen molar-refractivity contribution >= 4 is 28.2 Å². The Morgan fingerprint density at radius 1 is 1.16 bits per heavy atom. The Bertz CT molecular complexity index is 1390. The van der Waals surface area contributed by atoms with E-state index in [0.717, 1.165) is 63.8 Å². The quantitative estimate of drug-likeness (QED) is 0.534. The van der Waals surface area contributed by atoms with E-state index < -0.39 is 0 Å². The van der Waals surface area contributed by atoms with Crippen LogP contribution < -0.4 is 16.0 Å². The molecule has 0 spiro atoms. The van der Waals surface area contributed by atoms with E-state index in [9.17, 15) is 9.59 Å². The maximum Gasteiger partial charge on any atom is 0.262 e. The first-order valence-electron chi connectivity index (χ1n) is 13.2. The first-order valence-corrected chi connectivity index (χ1v) is 14.0. The Kier molecular flexibility index (Phi) is 6.45. The van der Waals surface area contributed by atoms with Gasteiger partial charge in [-0.3, -0.25) is 14.6 Å². The largest absolute Gasteiger partial charge is 0.378 e. The molecule has 2 amide bonds. The van der Waals surface area contributed by atoms with Gasteiger partial charge in [0.05, 0.1) is 23.8 Å². The first-order chi connectivity index (χ1) is 18.3. The van der Waals surface area contributed by atoms with Gasteiger partial charge < -0.3 is 25.6 Å². The van der Waals surface area contributed by atoms with Crippen LogP contribution in [0.15, 0.2) is 42.6 Å². The first kappa shape index (κ1) is 25.0. The smallest absolute Gasteiger partial charge is 0.262 e. The molecule has 0 saturated carbocycles. The van der Waals surface area contributed by atoms with Crippen LogP contribution in [0, 0.1) is 0 Å². The van der Waals surface area contributed by atoms with E-state index in [1.54, 1.807) is 11.3 Å². The van der Waals surface area contributed by atoms with E-state index in [4.69, 9.17) is 10.5 Å². The molecule has 1 atom stereocenters. The second kappa shape index (κ2) is 9.80. The molecule has 5 heterocycles. The molecule has 9 heteroatoms. The zero-order chi connectivity index (χ0) is 26.4. The number of carbonyl (C=O) groups is 2. The molecule has 0 radical (unpaired) electrons. The fraction of sp³-hybridized carbons (Fsp3) is 0.414. The van der Waals surface area contributed by atoms with Crippen molar-refractivity contribution in [3.05, 3.63) is 58.6 Å². The summed E-state index contributed by atoms with van der Waals surface area (Å²) in [6, 6.07) is 11.8. The third kappa shape index (κ3) is 4.70. The van der Waals surface area contributed by atoms with Crippen molar-refractivity contribution in [3.63, 3.8) is 0 Å². The van der Waals surface area contributed by atoms with Gasteiger partial charge in [0.15, 0.2) is 0 Å². The number of rotatable bonds is 4. The SMILES string of the molecule is CC1(C)Cc2c(sc(N3CCOCC3)c2-c2ccnc(-c3cccc(C(=O)N4CC[C@@H](N)C4)c3)c2)C(=O)N1. The highest BCUT2D eigenvalue weighted by atomic mass is 32.1. The molecule has 2 aromatic heterocycles. The molecule has 0 unspecified atom stereocenters. The highest BCUT2D eigenvalue weighted by Crippen LogP contribution is 2.46. The molecule has 3 aromatic rings. The molecule has 8 nitrogen and oxygen atoms in total. The van der Waals surface area contributed by atoms with Crippen molar-refractivity contribution in [2.45, 2.75) is 38.3 Å². The number of anilines is 1. The summed E-state index contributed by atoms with van der Waals surface area (Å²) in [7, 11) is 0. The summed E-state index contributed by atoms with van der Waals surface area (Å²) in [4.78, 5) is 35.8. The number of morpholine rings is 1. The summed E-state index contributed by atoms with van der Waals surface area (Å²) in [5, 5.41) is 4.27. The monoisotopic (exact) mass is 531 g/mol. The van der Waals surface area contributed by atoms with E-state index in [2.05, 4.69) is 35.1 Å². The number of likely N-dealkylation sites (tertiary alicyclic amines) is 1. The normalized spacial score (nSPS) is 20.8. The summed E-state index contributed by atoms with van der Waals surface area (Å²) in [5.41, 5.74) is 11.3. The predicted molar refractivity (Wildman–Crippen MR) is 150 cm³/mol. The Labute approximate surface area is 226 Å². The van der Waals surface area contributed by atoms with Crippen LogP contribution in [0.2, 0.25) is 0 Å². The van der Waals surface area contributed by atoms with E-state index >= 15 is 0 Å². The van der Waals surface area contributed by atoms with Crippen molar-refractivity contribution in [2.24, 2.45) is 5.73 Å². The minimum atomic E-state index is -0.329. The second-order valence-electron chi connectivity index (χ2n) is 11.0. The average Bonchev–Trinajstić information content (AvgIpc) is 3.52. The maximum absolute atomic E-state index is 13.1. The summed E-state index contributed by atoms with van der Waals surface area (Å²) in [6.45, 7) is 8.34. The molecule has 1 aromatic carbocycles. The van der Waals surface area contributed by atoms with Crippen molar-refractivity contribution < 1.29 is 14.3 Å². The lowest BCUT2D eigenvalue weighted by molar-refractivity contribution is 0.0790. The van der Waals surface area contributed by atoms with Gasteiger partial charge in [0.25, 0.3) is 11.8 Å². The van der Waals surface area contributed by atoms with Gasteiger partial charge in [0.1, 0.15) is 5.00 Å². The van der Waals surface area contributed by atoms with E-state index in [1.165, 1.54) is 0 Å². The van der Waals surface area contributed by atoms with Gasteiger partial charge in [-0.1, -0.05) is 12.1 Å². The van der Waals surface area contributed by atoms with E-state index in [-0.39, 0.29) is 23.4 Å². The zero-order valence-electron chi connectivity index (χ0n) is 21.8. The molecule has 0 bridgehead atoms. The number of fused-ring (bicyclic) bond motifs is 1. The molecule has 38 heavy (non-hydrogen) atoms. The van der Waals surface area contributed by atoms with Crippen molar-refractivity contribution in [2.75, 3.05) is 44.3 Å². The van der Waals surface area contributed by atoms with Crippen molar-refractivity contribution in [1.82, 2.24) is 15.2 Å². The van der Waals surface area contributed by atoms with Crippen LogP contribution in [-0.2, 0) is 11.2 Å². The summed E-state index contributed by atoms with van der Waals surface area (Å²) >= 11 is 1.57. The van der Waals surface area contributed by atoms with Crippen LogP contribution in [0.25, 0.3) is 22.4 Å². The third-order valence-electron chi connectivity index (χ3n) is 7.53. The number of carbonyl (C=O) groups excluding carboxylic acids is 2. The number of pyridine rings is 1. The van der Waals surface area contributed by atoms with Crippen LogP contribution >= 0.6 is 11.3 Å². The Morgan fingerprint density at radius 2 is 1.97 bits per heavy atom. The molecular weight excluding hydrogens is 498 g/mol. The van der Waals surface area contributed by atoms with Gasteiger partial charge in [-0.2, -0.15) is 0 Å². The minimum absolute atomic E-state index is 0.00528. The molecule has 198 valence electrons. The van der Waals surface area contributed by atoms with Gasteiger partial charge in [0.2, 0.25) is 0 Å². The number of aromatic nitrogens is 1. The number of hydrogen-bond donors (Lipinski definition) is 2. The molecule has 2 saturated heterocycles. The van der Waals surface area contributed by atoms with Gasteiger partial charge in [-0.25, -0.2) is 0 Å². The highest BCUT2D eigenvalue weighted by Gasteiger charge is 2.36. The predicted octanol–water partition coefficient (Wildman–Crippen LogP) is 3.55. The lowest BCUT2D eigenvalue weighted by atomic mass is 9.87. The van der Waals surface area contributed by atoms with Crippen molar-refractivity contribution in [1.29, 1.82) is 0 Å². The summed E-state index contributed by atoms with van der Waals surface area (Å²) < 4.78 is 5.61. The molecule has 3 aliphatic rings. The maximum atomic E-state index is 13.1. The number of thiophene rings is 1. The fourth-order valence-electron chi connectivity index (χ4n) is 5.65. The fourth-order valence-corrected chi connectivity index (χ4v) is 6.94. The minimum Gasteiger partial charge on any atom is -0.378 e.